The Hall–Kier alpha value is -1.65. The normalized spacial score (nSPS) is 25.9. The molecule has 0 N–H and O–H groups in total. The number of halogens is 4. The molecular formula is C25H32F4N4OS. The predicted molar refractivity (Wildman–Crippen MR) is 126 cm³/mol. The van der Waals surface area contributed by atoms with Crippen LogP contribution in [0, 0.1) is 11.7 Å². The van der Waals surface area contributed by atoms with Crippen LogP contribution < -0.4 is 0 Å². The summed E-state index contributed by atoms with van der Waals surface area (Å²) in [5, 5.41) is 9.79. The topological polar surface area (TPSA) is 43.2 Å². The molecule has 5 rings (SSSR count). The van der Waals surface area contributed by atoms with Gasteiger partial charge in [-0.1, -0.05) is 17.8 Å². The molecule has 1 aromatic heterocycles. The second-order valence-electron chi connectivity index (χ2n) is 10.0. The summed E-state index contributed by atoms with van der Waals surface area (Å²) in [6, 6.07) is 3.40. The molecule has 0 amide bonds. The lowest BCUT2D eigenvalue weighted by Crippen LogP contribution is -2.31. The number of fused-ring (bicyclic) bond motifs is 1. The van der Waals surface area contributed by atoms with E-state index >= 15 is 0 Å². The van der Waals surface area contributed by atoms with E-state index in [0.29, 0.717) is 29.5 Å². The highest BCUT2D eigenvalue weighted by Gasteiger charge is 2.43. The number of alkyl halides is 3. The molecule has 2 saturated heterocycles. The monoisotopic (exact) mass is 512 g/mol. The lowest BCUT2D eigenvalue weighted by atomic mass is 9.94. The minimum atomic E-state index is -4.52. The van der Waals surface area contributed by atoms with Gasteiger partial charge in [0.2, 0.25) is 0 Å². The summed E-state index contributed by atoms with van der Waals surface area (Å²) in [7, 11) is 2.04. The van der Waals surface area contributed by atoms with E-state index < -0.39 is 17.6 Å². The number of benzene rings is 1. The van der Waals surface area contributed by atoms with Gasteiger partial charge in [0, 0.05) is 38.0 Å². The molecule has 3 aliphatic rings. The molecule has 35 heavy (non-hydrogen) atoms. The molecule has 0 radical (unpaired) electrons. The van der Waals surface area contributed by atoms with Crippen molar-refractivity contribution in [2.45, 2.75) is 67.7 Å². The van der Waals surface area contributed by atoms with Crippen LogP contribution in [0.5, 0.6) is 0 Å². The Labute approximate surface area is 207 Å². The molecule has 2 aliphatic heterocycles. The molecule has 0 bridgehead atoms. The summed E-state index contributed by atoms with van der Waals surface area (Å²) in [6.07, 6.45) is 1.24. The molecule has 3 fully saturated rings. The van der Waals surface area contributed by atoms with E-state index in [0.717, 1.165) is 87.6 Å². The zero-order valence-corrected chi connectivity index (χ0v) is 20.8. The second kappa shape index (κ2) is 10.4. The fourth-order valence-electron chi connectivity index (χ4n) is 6.12. The van der Waals surface area contributed by atoms with Crippen molar-refractivity contribution >= 4 is 11.8 Å². The standard InChI is InChI=1S/C25H32F4N4OS/c1-32-23(16-6-10-34-11-7-16)30-31-24(32)35-12-2-8-33-9-5-17-13-18(14-22(17)33)20-4-3-19(15-21(20)26)25(27,28)29/h3-4,15-18,22H,2,5-14H2,1H3/t17-,18+,22?/m1/s1. The maximum absolute atomic E-state index is 14.5. The summed E-state index contributed by atoms with van der Waals surface area (Å²) in [4.78, 5) is 2.50. The molecule has 1 aromatic carbocycles. The summed E-state index contributed by atoms with van der Waals surface area (Å²) >= 11 is 1.73. The molecule has 0 spiro atoms. The number of hydrogen-bond acceptors (Lipinski definition) is 5. The molecule has 1 saturated carbocycles. The fraction of sp³-hybridized carbons (Fsp3) is 0.680. The number of hydrogen-bond donors (Lipinski definition) is 0. The third-order valence-electron chi connectivity index (χ3n) is 7.96. The van der Waals surface area contributed by atoms with Crippen molar-refractivity contribution in [2.75, 3.05) is 32.1 Å². The third kappa shape index (κ3) is 5.39. The van der Waals surface area contributed by atoms with E-state index in [4.69, 9.17) is 4.74 Å². The maximum atomic E-state index is 14.5. The van der Waals surface area contributed by atoms with Crippen molar-refractivity contribution in [3.05, 3.63) is 41.0 Å². The number of rotatable bonds is 7. The molecule has 192 valence electrons. The van der Waals surface area contributed by atoms with E-state index in [2.05, 4.69) is 19.7 Å². The van der Waals surface area contributed by atoms with Crippen LogP contribution in [-0.2, 0) is 18.0 Å². The first kappa shape index (κ1) is 25.0. The Morgan fingerprint density at radius 3 is 2.63 bits per heavy atom. The van der Waals surface area contributed by atoms with E-state index in [9.17, 15) is 17.6 Å². The first-order chi connectivity index (χ1) is 16.8. The van der Waals surface area contributed by atoms with Gasteiger partial charge in [0.15, 0.2) is 5.16 Å². The van der Waals surface area contributed by atoms with Crippen molar-refractivity contribution in [3.63, 3.8) is 0 Å². The third-order valence-corrected chi connectivity index (χ3v) is 9.06. The Kier molecular flexibility index (Phi) is 7.42. The smallest absolute Gasteiger partial charge is 0.381 e. The molecule has 10 heteroatoms. The van der Waals surface area contributed by atoms with Gasteiger partial charge in [-0.15, -0.1) is 10.2 Å². The van der Waals surface area contributed by atoms with Gasteiger partial charge < -0.3 is 14.2 Å². The number of ether oxygens (including phenoxy) is 1. The van der Waals surface area contributed by atoms with Gasteiger partial charge in [0.25, 0.3) is 0 Å². The van der Waals surface area contributed by atoms with Gasteiger partial charge in [-0.25, -0.2) is 4.39 Å². The van der Waals surface area contributed by atoms with Gasteiger partial charge in [-0.2, -0.15) is 13.2 Å². The molecule has 3 heterocycles. The zero-order chi connectivity index (χ0) is 24.6. The summed E-state index contributed by atoms with van der Waals surface area (Å²) in [5.41, 5.74) is -0.482. The van der Waals surface area contributed by atoms with Gasteiger partial charge in [-0.05, 0) is 81.1 Å². The van der Waals surface area contributed by atoms with Crippen LogP contribution in [0.2, 0.25) is 0 Å². The highest BCUT2D eigenvalue weighted by atomic mass is 32.2. The van der Waals surface area contributed by atoms with Crippen LogP contribution in [0.25, 0.3) is 0 Å². The van der Waals surface area contributed by atoms with E-state index in [1.807, 2.05) is 7.05 Å². The predicted octanol–water partition coefficient (Wildman–Crippen LogP) is 5.62. The van der Waals surface area contributed by atoms with Crippen molar-refractivity contribution in [2.24, 2.45) is 13.0 Å². The number of thioether (sulfide) groups is 1. The molecule has 2 aromatic rings. The summed E-state index contributed by atoms with van der Waals surface area (Å²) < 4.78 is 60.8. The first-order valence-corrected chi connectivity index (χ1v) is 13.5. The molecule has 1 unspecified atom stereocenters. The van der Waals surface area contributed by atoms with Crippen LogP contribution >= 0.6 is 11.8 Å². The van der Waals surface area contributed by atoms with Crippen molar-refractivity contribution in [1.29, 1.82) is 0 Å². The number of nitrogens with zero attached hydrogens (tertiary/aromatic N) is 4. The zero-order valence-electron chi connectivity index (χ0n) is 19.9. The van der Waals surface area contributed by atoms with Gasteiger partial charge >= 0.3 is 6.18 Å². The Bertz CT molecular complexity index is 1020. The van der Waals surface area contributed by atoms with Crippen molar-refractivity contribution in [3.8, 4) is 0 Å². The van der Waals surface area contributed by atoms with Crippen LogP contribution in [0.1, 0.15) is 67.3 Å². The van der Waals surface area contributed by atoms with Crippen LogP contribution in [-0.4, -0.2) is 57.8 Å². The lowest BCUT2D eigenvalue weighted by Gasteiger charge is -2.24. The second-order valence-corrected chi connectivity index (χ2v) is 11.1. The van der Waals surface area contributed by atoms with Gasteiger partial charge in [0.1, 0.15) is 11.6 Å². The Morgan fingerprint density at radius 1 is 1.09 bits per heavy atom. The lowest BCUT2D eigenvalue weighted by molar-refractivity contribution is -0.137. The molecular weight excluding hydrogens is 480 g/mol. The van der Waals surface area contributed by atoms with Crippen molar-refractivity contribution < 1.29 is 22.3 Å². The number of aromatic nitrogens is 3. The van der Waals surface area contributed by atoms with Gasteiger partial charge in [-0.3, -0.25) is 0 Å². The first-order valence-electron chi connectivity index (χ1n) is 12.5. The van der Waals surface area contributed by atoms with Crippen LogP contribution in [0.3, 0.4) is 0 Å². The summed E-state index contributed by atoms with van der Waals surface area (Å²) in [6.45, 7) is 3.58. The van der Waals surface area contributed by atoms with Gasteiger partial charge in [0.05, 0.1) is 5.56 Å². The van der Waals surface area contributed by atoms with E-state index in [1.165, 1.54) is 6.07 Å². The molecule has 3 atom stereocenters. The van der Waals surface area contributed by atoms with Crippen LogP contribution in [0.15, 0.2) is 23.4 Å². The SMILES string of the molecule is Cn1c(SCCCN2CC[C@@H]3C[C@H](c4ccc(C(F)(F)F)cc4F)CC32)nnc1C1CCOCC1. The quantitative estimate of drug-likeness (QED) is 0.274. The van der Waals surface area contributed by atoms with E-state index in [-0.39, 0.29) is 5.92 Å². The minimum absolute atomic E-state index is 0.00768. The molecule has 1 aliphatic carbocycles. The minimum Gasteiger partial charge on any atom is -0.381 e. The Balaban J connectivity index is 1.11. The summed E-state index contributed by atoms with van der Waals surface area (Å²) in [5.74, 6) is 2.18. The largest absolute Gasteiger partial charge is 0.416 e. The highest BCUT2D eigenvalue weighted by Crippen LogP contribution is 2.47. The fourth-order valence-corrected chi connectivity index (χ4v) is 6.96. The maximum Gasteiger partial charge on any atom is 0.416 e. The highest BCUT2D eigenvalue weighted by molar-refractivity contribution is 7.99. The van der Waals surface area contributed by atoms with E-state index in [1.54, 1.807) is 11.8 Å². The van der Waals surface area contributed by atoms with Crippen molar-refractivity contribution in [1.82, 2.24) is 19.7 Å². The van der Waals surface area contributed by atoms with Crippen LogP contribution in [0.4, 0.5) is 17.6 Å². The average Bonchev–Trinajstić information content (AvgIpc) is 3.52. The molecule has 5 nitrogen and oxygen atoms in total. The number of likely N-dealkylation sites (tertiary alicyclic amines) is 1. The average molecular weight is 513 g/mol. The Morgan fingerprint density at radius 2 is 1.89 bits per heavy atom.